The van der Waals surface area contributed by atoms with Gasteiger partial charge in [0.2, 0.25) is 0 Å². The average Bonchev–Trinajstić information content (AvgIpc) is 3.22. The first-order valence-electron chi connectivity index (χ1n) is 7.74. The number of carbonyl (C=O) groups excluding carboxylic acids is 1. The number of rotatable bonds is 6. The van der Waals surface area contributed by atoms with Gasteiger partial charge in [-0.1, -0.05) is 0 Å². The van der Waals surface area contributed by atoms with Crippen molar-refractivity contribution in [3.63, 3.8) is 0 Å². The highest BCUT2D eigenvalue weighted by atomic mass is 32.1. The van der Waals surface area contributed by atoms with Crippen LogP contribution in [-0.2, 0) is 11.3 Å². The molecule has 1 unspecified atom stereocenters. The van der Waals surface area contributed by atoms with E-state index in [1.54, 1.807) is 23.5 Å². The average molecular weight is 332 g/mol. The van der Waals surface area contributed by atoms with Crippen LogP contribution in [0.1, 0.15) is 33.9 Å². The van der Waals surface area contributed by atoms with Crippen molar-refractivity contribution in [3.8, 4) is 5.75 Å². The Kier molecular flexibility index (Phi) is 5.25. The van der Waals surface area contributed by atoms with Crippen LogP contribution in [-0.4, -0.2) is 30.2 Å². The maximum atomic E-state index is 12.1. The quantitative estimate of drug-likeness (QED) is 0.883. The van der Waals surface area contributed by atoms with Gasteiger partial charge < -0.3 is 14.8 Å². The second kappa shape index (κ2) is 7.57. The molecule has 0 radical (unpaired) electrons. The van der Waals surface area contributed by atoms with Crippen LogP contribution in [0.3, 0.4) is 0 Å². The van der Waals surface area contributed by atoms with E-state index in [-0.39, 0.29) is 12.0 Å². The zero-order chi connectivity index (χ0) is 16.1. The molecule has 3 rings (SSSR count). The largest absolute Gasteiger partial charge is 0.491 e. The summed E-state index contributed by atoms with van der Waals surface area (Å²) in [5.41, 5.74) is 1.59. The Balaban J connectivity index is 1.48. The standard InChI is InChI=1S/C17H20N2O3S/c1-12-11-23-16(19-12)9-18-17(20)13-4-6-14(7-5-13)22-10-15-3-2-8-21-15/h4-7,11,15H,2-3,8-10H2,1H3,(H,18,20). The number of thiazole rings is 1. The second-order valence-corrected chi connectivity index (χ2v) is 6.48. The molecule has 1 amide bonds. The van der Waals surface area contributed by atoms with Crippen LogP contribution in [0.4, 0.5) is 0 Å². The van der Waals surface area contributed by atoms with Crippen LogP contribution in [0.5, 0.6) is 5.75 Å². The van der Waals surface area contributed by atoms with Gasteiger partial charge in [0, 0.05) is 23.2 Å². The Morgan fingerprint density at radius 1 is 1.43 bits per heavy atom. The zero-order valence-corrected chi connectivity index (χ0v) is 13.9. The number of benzene rings is 1. The Bertz CT molecular complexity index is 648. The number of carbonyl (C=O) groups is 1. The number of hydrogen-bond acceptors (Lipinski definition) is 5. The molecule has 1 atom stereocenters. The Morgan fingerprint density at radius 3 is 2.91 bits per heavy atom. The molecule has 122 valence electrons. The van der Waals surface area contributed by atoms with Gasteiger partial charge in [0.05, 0.1) is 12.6 Å². The predicted octanol–water partition coefficient (Wildman–Crippen LogP) is 2.94. The molecule has 0 bridgehead atoms. The molecule has 2 heterocycles. The fourth-order valence-electron chi connectivity index (χ4n) is 2.41. The molecular formula is C17H20N2O3S. The molecule has 23 heavy (non-hydrogen) atoms. The molecule has 1 aromatic carbocycles. The molecule has 0 saturated carbocycles. The van der Waals surface area contributed by atoms with Crippen LogP contribution in [0.15, 0.2) is 29.6 Å². The van der Waals surface area contributed by atoms with Crippen molar-refractivity contribution >= 4 is 17.2 Å². The monoisotopic (exact) mass is 332 g/mol. The fourth-order valence-corrected chi connectivity index (χ4v) is 3.12. The summed E-state index contributed by atoms with van der Waals surface area (Å²) in [6.45, 7) is 3.78. The molecule has 6 heteroatoms. The van der Waals surface area contributed by atoms with Crippen molar-refractivity contribution < 1.29 is 14.3 Å². The van der Waals surface area contributed by atoms with Crippen molar-refractivity contribution in [2.24, 2.45) is 0 Å². The van der Waals surface area contributed by atoms with E-state index in [1.165, 1.54) is 0 Å². The Labute approximate surface area is 139 Å². The van der Waals surface area contributed by atoms with E-state index in [0.717, 1.165) is 35.9 Å². The molecule has 1 fully saturated rings. The number of amides is 1. The van der Waals surface area contributed by atoms with Crippen LogP contribution in [0.25, 0.3) is 0 Å². The number of nitrogens with zero attached hydrogens (tertiary/aromatic N) is 1. The lowest BCUT2D eigenvalue weighted by Gasteiger charge is -2.11. The summed E-state index contributed by atoms with van der Waals surface area (Å²) >= 11 is 1.55. The number of aryl methyl sites for hydroxylation is 1. The third-order valence-electron chi connectivity index (χ3n) is 3.64. The van der Waals surface area contributed by atoms with Crippen molar-refractivity contribution in [3.05, 3.63) is 45.9 Å². The molecule has 0 aliphatic carbocycles. The molecule has 0 spiro atoms. The number of hydrogen-bond donors (Lipinski definition) is 1. The Hall–Kier alpha value is -1.92. The predicted molar refractivity (Wildman–Crippen MR) is 88.9 cm³/mol. The first-order valence-corrected chi connectivity index (χ1v) is 8.62. The molecule has 5 nitrogen and oxygen atoms in total. The van der Waals surface area contributed by atoms with E-state index in [2.05, 4.69) is 10.3 Å². The highest BCUT2D eigenvalue weighted by Gasteiger charge is 2.16. The molecular weight excluding hydrogens is 312 g/mol. The van der Waals surface area contributed by atoms with Crippen LogP contribution in [0, 0.1) is 6.92 Å². The molecule has 1 aliphatic rings. The van der Waals surface area contributed by atoms with Crippen molar-refractivity contribution in [1.29, 1.82) is 0 Å². The van der Waals surface area contributed by atoms with E-state index in [9.17, 15) is 4.79 Å². The number of ether oxygens (including phenoxy) is 2. The lowest BCUT2D eigenvalue weighted by atomic mass is 10.2. The van der Waals surface area contributed by atoms with Crippen LogP contribution in [0.2, 0.25) is 0 Å². The number of aromatic nitrogens is 1. The summed E-state index contributed by atoms with van der Waals surface area (Å²) < 4.78 is 11.2. The SMILES string of the molecule is Cc1csc(CNC(=O)c2ccc(OCC3CCCO3)cc2)n1. The third-order valence-corrected chi connectivity index (χ3v) is 4.61. The third kappa shape index (κ3) is 4.53. The fraction of sp³-hybridized carbons (Fsp3) is 0.412. The maximum Gasteiger partial charge on any atom is 0.251 e. The minimum Gasteiger partial charge on any atom is -0.491 e. The van der Waals surface area contributed by atoms with Gasteiger partial charge in [0.25, 0.3) is 5.91 Å². The summed E-state index contributed by atoms with van der Waals surface area (Å²) in [4.78, 5) is 16.4. The first-order chi connectivity index (χ1) is 11.2. The van der Waals surface area contributed by atoms with E-state index < -0.39 is 0 Å². The maximum absolute atomic E-state index is 12.1. The second-order valence-electron chi connectivity index (χ2n) is 5.54. The van der Waals surface area contributed by atoms with Gasteiger partial charge in [-0.25, -0.2) is 4.98 Å². The summed E-state index contributed by atoms with van der Waals surface area (Å²) in [6.07, 6.45) is 2.35. The molecule has 2 aromatic rings. The Morgan fingerprint density at radius 2 is 2.26 bits per heavy atom. The summed E-state index contributed by atoms with van der Waals surface area (Å²) in [6, 6.07) is 7.18. The van der Waals surface area contributed by atoms with E-state index >= 15 is 0 Å². The van der Waals surface area contributed by atoms with Crippen molar-refractivity contribution in [2.75, 3.05) is 13.2 Å². The topological polar surface area (TPSA) is 60.5 Å². The first kappa shape index (κ1) is 16.0. The summed E-state index contributed by atoms with van der Waals surface area (Å²) in [7, 11) is 0. The van der Waals surface area contributed by atoms with Gasteiger partial charge in [-0.2, -0.15) is 0 Å². The normalized spacial score (nSPS) is 17.2. The molecule has 1 saturated heterocycles. The minimum absolute atomic E-state index is 0.108. The summed E-state index contributed by atoms with van der Waals surface area (Å²) in [5, 5.41) is 5.76. The van der Waals surface area contributed by atoms with Gasteiger partial charge in [-0.15, -0.1) is 11.3 Å². The van der Waals surface area contributed by atoms with Gasteiger partial charge in [0.15, 0.2) is 0 Å². The van der Waals surface area contributed by atoms with Gasteiger partial charge in [-0.3, -0.25) is 4.79 Å². The van der Waals surface area contributed by atoms with Crippen molar-refractivity contribution in [1.82, 2.24) is 10.3 Å². The molecule has 1 aromatic heterocycles. The molecule has 1 N–H and O–H groups in total. The van der Waals surface area contributed by atoms with Gasteiger partial charge in [0.1, 0.15) is 17.4 Å². The minimum atomic E-state index is -0.108. The lowest BCUT2D eigenvalue weighted by molar-refractivity contribution is 0.0679. The zero-order valence-electron chi connectivity index (χ0n) is 13.1. The van der Waals surface area contributed by atoms with Gasteiger partial charge >= 0.3 is 0 Å². The number of nitrogens with one attached hydrogen (secondary N) is 1. The van der Waals surface area contributed by atoms with Crippen molar-refractivity contribution in [2.45, 2.75) is 32.4 Å². The smallest absolute Gasteiger partial charge is 0.251 e. The highest BCUT2D eigenvalue weighted by molar-refractivity contribution is 7.09. The summed E-state index contributed by atoms with van der Waals surface area (Å²) in [5.74, 6) is 0.649. The van der Waals surface area contributed by atoms with Crippen LogP contribution >= 0.6 is 11.3 Å². The van der Waals surface area contributed by atoms with E-state index in [4.69, 9.17) is 9.47 Å². The van der Waals surface area contributed by atoms with E-state index in [1.807, 2.05) is 24.4 Å². The molecule has 1 aliphatic heterocycles. The lowest BCUT2D eigenvalue weighted by Crippen LogP contribution is -2.22. The van der Waals surface area contributed by atoms with E-state index in [0.29, 0.717) is 18.7 Å². The highest BCUT2D eigenvalue weighted by Crippen LogP contribution is 2.17. The van der Waals surface area contributed by atoms with Gasteiger partial charge in [-0.05, 0) is 44.0 Å². The van der Waals surface area contributed by atoms with Crippen LogP contribution < -0.4 is 10.1 Å².